The molecule has 0 spiro atoms. The van der Waals surface area contributed by atoms with Crippen LogP contribution in [-0.4, -0.2) is 24.9 Å². The number of ketones is 1. The minimum absolute atomic E-state index is 0.0449. The number of nitrogens with one attached hydrogen (secondary N) is 1. The second-order valence-electron chi connectivity index (χ2n) is 4.98. The predicted octanol–water partition coefficient (Wildman–Crippen LogP) is 2.53. The van der Waals surface area contributed by atoms with E-state index in [0.717, 1.165) is 12.8 Å². The van der Waals surface area contributed by atoms with E-state index in [4.69, 9.17) is 10.5 Å². The van der Waals surface area contributed by atoms with Crippen molar-refractivity contribution in [3.05, 3.63) is 10.4 Å². The van der Waals surface area contributed by atoms with Gasteiger partial charge in [0.05, 0.1) is 17.7 Å². The van der Waals surface area contributed by atoms with Crippen molar-refractivity contribution in [3.63, 3.8) is 0 Å². The molecule has 1 aromatic rings. The number of carbonyl (C=O) groups is 2. The van der Waals surface area contributed by atoms with Gasteiger partial charge in [0.15, 0.2) is 5.78 Å². The summed E-state index contributed by atoms with van der Waals surface area (Å²) in [6.45, 7) is 3.63. The molecule has 0 aromatic carbocycles. The average molecular weight is 282 g/mol. The van der Waals surface area contributed by atoms with Crippen LogP contribution in [0.5, 0.6) is 0 Å². The number of Topliss-reactive ketones (excluding diaryl/α,β-unsaturated/α-hetero) is 1. The van der Waals surface area contributed by atoms with Gasteiger partial charge < -0.3 is 15.8 Å². The van der Waals surface area contributed by atoms with Crippen LogP contribution in [0.4, 0.5) is 10.7 Å². The third-order valence-electron chi connectivity index (χ3n) is 3.00. The van der Waals surface area contributed by atoms with E-state index in [2.05, 4.69) is 5.32 Å². The molecule has 1 aliphatic rings. The van der Waals surface area contributed by atoms with E-state index in [1.54, 1.807) is 0 Å². The topological polar surface area (TPSA) is 81.4 Å². The molecule has 1 aliphatic carbocycles. The van der Waals surface area contributed by atoms with Crippen LogP contribution in [0.25, 0.3) is 0 Å². The molecule has 1 saturated carbocycles. The number of rotatable bonds is 5. The van der Waals surface area contributed by atoms with Gasteiger partial charge in [-0.2, -0.15) is 0 Å². The third kappa shape index (κ3) is 2.73. The number of carbonyl (C=O) groups excluding carboxylic acids is 2. The molecular formula is C13H18N2O3S. The van der Waals surface area contributed by atoms with Crippen LogP contribution in [0.2, 0.25) is 0 Å². The molecule has 5 nitrogen and oxygen atoms in total. The maximum Gasteiger partial charge on any atom is 0.343 e. The summed E-state index contributed by atoms with van der Waals surface area (Å²) in [6.07, 6.45) is 2.15. The molecule has 0 amide bonds. The fourth-order valence-corrected chi connectivity index (χ4v) is 2.98. The van der Waals surface area contributed by atoms with Gasteiger partial charge in [0.25, 0.3) is 0 Å². The standard InChI is InChI=1S/C13H18N2O3S/c1-6(2)10(16)11-9(14)8(13(17)18-3)12(19-11)15-7-4-5-7/h6-7,15H,4-5,14H2,1-3H3. The summed E-state index contributed by atoms with van der Waals surface area (Å²) in [4.78, 5) is 24.4. The van der Waals surface area contributed by atoms with Gasteiger partial charge in [-0.05, 0) is 12.8 Å². The van der Waals surface area contributed by atoms with Gasteiger partial charge in [-0.15, -0.1) is 11.3 Å². The summed E-state index contributed by atoms with van der Waals surface area (Å²) < 4.78 is 4.75. The lowest BCUT2D eigenvalue weighted by Crippen LogP contribution is -2.11. The number of nitrogen functional groups attached to an aromatic ring is 1. The quantitative estimate of drug-likeness (QED) is 0.640. The summed E-state index contributed by atoms with van der Waals surface area (Å²) >= 11 is 1.25. The Bertz CT molecular complexity index is 518. The fraction of sp³-hybridized carbons (Fsp3) is 0.538. The van der Waals surface area contributed by atoms with E-state index in [1.165, 1.54) is 18.4 Å². The lowest BCUT2D eigenvalue weighted by atomic mass is 10.1. The third-order valence-corrected chi connectivity index (χ3v) is 4.15. The second-order valence-corrected chi connectivity index (χ2v) is 6.00. The highest BCUT2D eigenvalue weighted by atomic mass is 32.1. The monoisotopic (exact) mass is 282 g/mol. The van der Waals surface area contributed by atoms with Crippen molar-refractivity contribution in [2.45, 2.75) is 32.7 Å². The van der Waals surface area contributed by atoms with Crippen LogP contribution in [-0.2, 0) is 4.74 Å². The van der Waals surface area contributed by atoms with Gasteiger partial charge in [-0.1, -0.05) is 13.8 Å². The van der Waals surface area contributed by atoms with Gasteiger partial charge >= 0.3 is 5.97 Å². The minimum atomic E-state index is -0.500. The molecule has 0 atom stereocenters. The normalized spacial score (nSPS) is 14.5. The molecule has 2 rings (SSSR count). The SMILES string of the molecule is COC(=O)c1c(NC2CC2)sc(C(=O)C(C)C)c1N. The molecule has 6 heteroatoms. The molecule has 19 heavy (non-hydrogen) atoms. The number of esters is 1. The van der Waals surface area contributed by atoms with E-state index in [0.29, 0.717) is 21.5 Å². The summed E-state index contributed by atoms with van der Waals surface area (Å²) in [5.41, 5.74) is 6.49. The molecule has 0 radical (unpaired) electrons. The van der Waals surface area contributed by atoms with E-state index in [9.17, 15) is 9.59 Å². The van der Waals surface area contributed by atoms with Crippen LogP contribution < -0.4 is 11.1 Å². The molecule has 1 fully saturated rings. The molecular weight excluding hydrogens is 264 g/mol. The lowest BCUT2D eigenvalue weighted by molar-refractivity contribution is 0.0603. The molecule has 1 aromatic heterocycles. The maximum absolute atomic E-state index is 12.1. The Hall–Kier alpha value is -1.56. The van der Waals surface area contributed by atoms with Crippen molar-refractivity contribution in [2.24, 2.45) is 5.92 Å². The summed E-state index contributed by atoms with van der Waals surface area (Å²) in [6, 6.07) is 0.378. The molecule has 104 valence electrons. The number of methoxy groups -OCH3 is 1. The number of hydrogen-bond donors (Lipinski definition) is 2. The number of ether oxygens (including phenoxy) is 1. The zero-order valence-corrected chi connectivity index (χ0v) is 12.1. The molecule has 0 saturated heterocycles. The zero-order valence-electron chi connectivity index (χ0n) is 11.3. The smallest absolute Gasteiger partial charge is 0.343 e. The Kier molecular flexibility index (Phi) is 3.80. The van der Waals surface area contributed by atoms with Gasteiger partial charge in [0.1, 0.15) is 10.6 Å². The Balaban J connectivity index is 2.42. The lowest BCUT2D eigenvalue weighted by Gasteiger charge is -2.04. The molecule has 3 N–H and O–H groups in total. The molecule has 0 bridgehead atoms. The van der Waals surface area contributed by atoms with Gasteiger partial charge in [-0.25, -0.2) is 4.79 Å². The largest absolute Gasteiger partial charge is 0.465 e. The Labute approximate surface area is 116 Å². The number of anilines is 2. The minimum Gasteiger partial charge on any atom is -0.465 e. The molecule has 1 heterocycles. The van der Waals surface area contributed by atoms with E-state index >= 15 is 0 Å². The van der Waals surface area contributed by atoms with Crippen molar-refractivity contribution in [1.29, 1.82) is 0 Å². The van der Waals surface area contributed by atoms with Crippen molar-refractivity contribution in [2.75, 3.05) is 18.2 Å². The number of hydrogen-bond acceptors (Lipinski definition) is 6. The maximum atomic E-state index is 12.1. The van der Waals surface area contributed by atoms with Gasteiger partial charge in [0.2, 0.25) is 0 Å². The zero-order chi connectivity index (χ0) is 14.2. The van der Waals surface area contributed by atoms with E-state index in [1.807, 2.05) is 13.8 Å². The first-order valence-corrected chi connectivity index (χ1v) is 7.08. The first kappa shape index (κ1) is 13.9. The van der Waals surface area contributed by atoms with Crippen molar-refractivity contribution in [3.8, 4) is 0 Å². The van der Waals surface area contributed by atoms with Crippen LogP contribution in [0, 0.1) is 5.92 Å². The fourth-order valence-electron chi connectivity index (χ4n) is 1.71. The average Bonchev–Trinajstić information content (AvgIpc) is 3.12. The Morgan fingerprint density at radius 3 is 2.53 bits per heavy atom. The van der Waals surface area contributed by atoms with Crippen molar-refractivity contribution < 1.29 is 14.3 Å². The van der Waals surface area contributed by atoms with E-state index in [-0.39, 0.29) is 17.4 Å². The van der Waals surface area contributed by atoms with Crippen molar-refractivity contribution >= 4 is 33.8 Å². The second kappa shape index (κ2) is 5.21. The Morgan fingerprint density at radius 2 is 2.05 bits per heavy atom. The van der Waals surface area contributed by atoms with E-state index < -0.39 is 5.97 Å². The molecule has 0 aliphatic heterocycles. The number of nitrogens with two attached hydrogens (primary N) is 1. The van der Waals surface area contributed by atoms with Gasteiger partial charge in [-0.3, -0.25) is 4.79 Å². The van der Waals surface area contributed by atoms with Crippen LogP contribution in [0.3, 0.4) is 0 Å². The van der Waals surface area contributed by atoms with Crippen molar-refractivity contribution in [1.82, 2.24) is 0 Å². The first-order valence-electron chi connectivity index (χ1n) is 6.27. The number of thiophene rings is 1. The predicted molar refractivity (Wildman–Crippen MR) is 75.9 cm³/mol. The van der Waals surface area contributed by atoms with Crippen LogP contribution >= 0.6 is 11.3 Å². The summed E-state index contributed by atoms with van der Waals surface area (Å²) in [7, 11) is 1.31. The molecule has 0 unspecified atom stereocenters. The highest BCUT2D eigenvalue weighted by Crippen LogP contribution is 2.40. The first-order chi connectivity index (χ1) is 8.95. The summed E-state index contributed by atoms with van der Waals surface area (Å²) in [5, 5.41) is 3.89. The highest BCUT2D eigenvalue weighted by molar-refractivity contribution is 7.19. The highest BCUT2D eigenvalue weighted by Gasteiger charge is 2.30. The Morgan fingerprint density at radius 1 is 1.42 bits per heavy atom. The van der Waals surface area contributed by atoms with Gasteiger partial charge in [0, 0.05) is 12.0 Å². The summed E-state index contributed by atoms with van der Waals surface area (Å²) in [5.74, 6) is -0.698. The van der Waals surface area contributed by atoms with Crippen LogP contribution in [0.15, 0.2) is 0 Å². The van der Waals surface area contributed by atoms with Crippen LogP contribution in [0.1, 0.15) is 46.7 Å².